The highest BCUT2D eigenvalue weighted by Crippen LogP contribution is 2.09. The first-order chi connectivity index (χ1) is 35.2. The van der Waals surface area contributed by atoms with Crippen LogP contribution in [0.15, 0.2) is 30.3 Å². The van der Waals surface area contributed by atoms with Crippen molar-refractivity contribution in [2.45, 2.75) is 99.4 Å². The topological polar surface area (TPSA) is 354 Å². The molecular weight excluding hydrogens is 1120 g/mol. The number of carboxylic acid groups (broad SMARTS) is 1. The van der Waals surface area contributed by atoms with Crippen molar-refractivity contribution in [2.24, 2.45) is 5.73 Å². The Labute approximate surface area is 473 Å². The van der Waals surface area contributed by atoms with Gasteiger partial charge in [-0.15, -0.1) is 0 Å². The summed E-state index contributed by atoms with van der Waals surface area (Å²) in [4.78, 5) is 144. The molecule has 0 fully saturated rings. The standard InChI is InChI=1S/C43H69N11O12S8/c1-22(55)45-27(15-67)36(58)48-26(14-23-8-4-3-5-9-23)35(57)49-29(17-69)38(60)51-31(19-71)40(62)53-33(21-73)42(64)54-32(20-72)41(63)52-30(18-70)39(61)50-28(16-68)37(59)46-24(10-6-7-12-44)34(56)47-25(43(65)66)11-13-74-2/h3-5,8-9,24-33,67-73H,6-7,10-21,44H2,1-2H3,(H,45,55)(H,46,59)(H,47,56)(H,48,58)(H,49,57)(H,50,61)(H,51,60)(H,52,63)(H,53,62)(H,54,64)(H,65,66)/t24-,25-,26-,27-,28-,29-,30-,31-,32-,33-/m0/s1. The van der Waals surface area contributed by atoms with Gasteiger partial charge in [-0.1, -0.05) is 30.3 Å². The minimum atomic E-state index is -1.41. The maximum Gasteiger partial charge on any atom is 0.326 e. The molecule has 0 heterocycles. The molecule has 0 aliphatic rings. The summed E-state index contributed by atoms with van der Waals surface area (Å²) in [5.74, 6) is -10.7. The Morgan fingerprint density at radius 3 is 1.05 bits per heavy atom. The van der Waals surface area contributed by atoms with E-state index in [4.69, 9.17) is 5.73 Å². The summed E-state index contributed by atoms with van der Waals surface area (Å²) in [5.41, 5.74) is 6.26. The van der Waals surface area contributed by atoms with Gasteiger partial charge in [0.15, 0.2) is 0 Å². The fourth-order valence-corrected chi connectivity index (χ4v) is 8.64. The van der Waals surface area contributed by atoms with Crippen molar-refractivity contribution < 1.29 is 57.8 Å². The van der Waals surface area contributed by atoms with Crippen LogP contribution in [0.3, 0.4) is 0 Å². The van der Waals surface area contributed by atoms with Crippen LogP contribution >= 0.6 is 100 Å². The van der Waals surface area contributed by atoms with Crippen LogP contribution in [-0.2, 0) is 59.2 Å². The number of nitrogens with one attached hydrogen (secondary N) is 10. The summed E-state index contributed by atoms with van der Waals surface area (Å²) < 4.78 is 0. The molecule has 0 aromatic heterocycles. The van der Waals surface area contributed by atoms with Crippen LogP contribution in [0.1, 0.15) is 38.2 Å². The number of rotatable bonds is 36. The van der Waals surface area contributed by atoms with Crippen molar-refractivity contribution in [1.82, 2.24) is 53.2 Å². The number of benzene rings is 1. The Hall–Kier alpha value is -3.85. The summed E-state index contributed by atoms with van der Waals surface area (Å²) in [5, 5.41) is 34.4. The zero-order valence-corrected chi connectivity index (χ0v) is 47.7. The van der Waals surface area contributed by atoms with Crippen LogP contribution in [0.5, 0.6) is 0 Å². The summed E-state index contributed by atoms with van der Waals surface area (Å²) in [7, 11) is 0. The molecule has 0 bridgehead atoms. The third-order valence-corrected chi connectivity index (χ3v) is 13.7. The van der Waals surface area contributed by atoms with E-state index in [-0.39, 0.29) is 59.5 Å². The Kier molecular flexibility index (Phi) is 34.8. The second-order valence-corrected chi connectivity index (χ2v) is 19.7. The highest BCUT2D eigenvalue weighted by atomic mass is 32.2. The second-order valence-electron chi connectivity index (χ2n) is 16.2. The van der Waals surface area contributed by atoms with Crippen molar-refractivity contribution in [1.29, 1.82) is 0 Å². The smallest absolute Gasteiger partial charge is 0.326 e. The molecule has 23 nitrogen and oxygen atoms in total. The highest BCUT2D eigenvalue weighted by molar-refractivity contribution is 7.98. The first-order valence-electron chi connectivity index (χ1n) is 22.9. The Morgan fingerprint density at radius 2 is 0.743 bits per heavy atom. The van der Waals surface area contributed by atoms with E-state index in [1.807, 2.05) is 0 Å². The van der Waals surface area contributed by atoms with Gasteiger partial charge >= 0.3 is 5.97 Å². The lowest BCUT2D eigenvalue weighted by atomic mass is 10.0. The molecule has 1 rings (SSSR count). The number of thioether (sulfide) groups is 1. The molecule has 74 heavy (non-hydrogen) atoms. The van der Waals surface area contributed by atoms with Crippen molar-refractivity contribution in [3.8, 4) is 0 Å². The summed E-state index contributed by atoms with van der Waals surface area (Å²) >= 11 is 30.6. The SMILES string of the molecule is CSCC[C@H](NC(=O)[C@H](CCCCN)NC(=O)[C@H](CS)NC(=O)[C@H](CS)NC(=O)[C@H](CS)NC(=O)[C@H](CS)NC(=O)[C@H](CS)NC(=O)[C@H](CS)NC(=O)[C@H](Cc1ccccc1)NC(=O)[C@H](CS)NC(C)=O)C(=O)O. The van der Waals surface area contributed by atoms with Crippen LogP contribution in [0.2, 0.25) is 0 Å². The molecule has 13 N–H and O–H groups in total. The second kappa shape index (κ2) is 37.8. The monoisotopic (exact) mass is 1190 g/mol. The minimum absolute atomic E-state index is 0.00811. The normalized spacial score (nSPS) is 15.0. The first-order valence-corrected chi connectivity index (χ1v) is 28.7. The molecule has 0 aliphatic carbocycles. The third kappa shape index (κ3) is 24.9. The Balaban J connectivity index is 3.05. The quantitative estimate of drug-likeness (QED) is 0.0230. The van der Waals surface area contributed by atoms with Gasteiger partial charge in [-0.3, -0.25) is 47.9 Å². The highest BCUT2D eigenvalue weighted by Gasteiger charge is 2.35. The van der Waals surface area contributed by atoms with Gasteiger partial charge in [-0.2, -0.15) is 100 Å². The zero-order chi connectivity index (χ0) is 55.9. The van der Waals surface area contributed by atoms with E-state index in [0.717, 1.165) is 0 Å². The van der Waals surface area contributed by atoms with Gasteiger partial charge in [0.2, 0.25) is 59.1 Å². The first kappa shape index (κ1) is 68.2. The number of amides is 10. The van der Waals surface area contributed by atoms with Gasteiger partial charge in [0, 0.05) is 53.6 Å². The van der Waals surface area contributed by atoms with E-state index in [9.17, 15) is 57.8 Å². The number of hydrogen-bond acceptors (Lipinski definition) is 20. The van der Waals surface area contributed by atoms with Crippen molar-refractivity contribution >= 4 is 165 Å². The van der Waals surface area contributed by atoms with Gasteiger partial charge in [0.1, 0.15) is 60.4 Å². The van der Waals surface area contributed by atoms with E-state index in [2.05, 4.69) is 142 Å². The molecule has 0 unspecified atom stereocenters. The maximum absolute atomic E-state index is 13.6. The number of nitrogens with two attached hydrogens (primary N) is 1. The average molecular weight is 1190 g/mol. The number of carbonyl (C=O) groups excluding carboxylic acids is 10. The van der Waals surface area contributed by atoms with Crippen LogP contribution in [0, 0.1) is 0 Å². The van der Waals surface area contributed by atoms with E-state index in [1.165, 1.54) is 18.7 Å². The number of aliphatic carboxylic acids is 1. The van der Waals surface area contributed by atoms with Crippen molar-refractivity contribution in [2.75, 3.05) is 58.8 Å². The fourth-order valence-electron chi connectivity index (χ4n) is 6.37. The predicted octanol–water partition coefficient (Wildman–Crippen LogP) is -3.43. The number of carbonyl (C=O) groups is 11. The van der Waals surface area contributed by atoms with Crippen molar-refractivity contribution in [3.63, 3.8) is 0 Å². The lowest BCUT2D eigenvalue weighted by Crippen LogP contribution is -2.62. The predicted molar refractivity (Wildman–Crippen MR) is 306 cm³/mol. The van der Waals surface area contributed by atoms with Crippen LogP contribution < -0.4 is 58.9 Å². The zero-order valence-electron chi connectivity index (χ0n) is 40.6. The summed E-state index contributed by atoms with van der Waals surface area (Å²) in [6.45, 7) is 1.52. The molecule has 0 saturated heterocycles. The van der Waals surface area contributed by atoms with E-state index < -0.39 is 125 Å². The largest absolute Gasteiger partial charge is 0.480 e. The van der Waals surface area contributed by atoms with E-state index >= 15 is 0 Å². The van der Waals surface area contributed by atoms with Crippen LogP contribution in [0.25, 0.3) is 0 Å². The molecule has 0 aliphatic heterocycles. The number of hydrogen-bond donors (Lipinski definition) is 19. The molecule has 416 valence electrons. The molecular formula is C43H69N11O12S8. The maximum atomic E-state index is 13.6. The van der Waals surface area contributed by atoms with Gasteiger partial charge in [-0.25, -0.2) is 4.79 Å². The third-order valence-electron chi connectivity index (χ3n) is 10.5. The average Bonchev–Trinajstić information content (AvgIpc) is 3.38. The minimum Gasteiger partial charge on any atom is -0.480 e. The van der Waals surface area contributed by atoms with Gasteiger partial charge in [-0.05, 0) is 49.8 Å². The molecule has 1 aromatic carbocycles. The van der Waals surface area contributed by atoms with Crippen LogP contribution in [0.4, 0.5) is 0 Å². The molecule has 31 heteroatoms. The fraction of sp³-hybridized carbons (Fsp3) is 0.605. The van der Waals surface area contributed by atoms with Crippen molar-refractivity contribution in [3.05, 3.63) is 35.9 Å². The molecule has 10 atom stereocenters. The van der Waals surface area contributed by atoms with Crippen LogP contribution in [-0.4, -0.2) is 189 Å². The molecule has 0 radical (unpaired) electrons. The lowest BCUT2D eigenvalue weighted by molar-refractivity contribution is -0.142. The summed E-state index contributed by atoms with van der Waals surface area (Å²) in [6.07, 6.45) is 2.93. The Bertz CT molecular complexity index is 2040. The number of thiol groups is 7. The van der Waals surface area contributed by atoms with Gasteiger partial charge < -0.3 is 64.0 Å². The lowest BCUT2D eigenvalue weighted by Gasteiger charge is -2.27. The molecule has 1 aromatic rings. The molecule has 10 amide bonds. The number of unbranched alkanes of at least 4 members (excludes halogenated alkanes) is 1. The van der Waals surface area contributed by atoms with E-state index in [1.54, 1.807) is 36.6 Å². The van der Waals surface area contributed by atoms with E-state index in [0.29, 0.717) is 30.7 Å². The van der Waals surface area contributed by atoms with Gasteiger partial charge in [0.05, 0.1) is 0 Å². The Morgan fingerprint density at radius 1 is 0.446 bits per heavy atom. The molecule has 0 saturated carbocycles. The van der Waals surface area contributed by atoms with Gasteiger partial charge in [0.25, 0.3) is 0 Å². The molecule has 0 spiro atoms. The summed E-state index contributed by atoms with van der Waals surface area (Å²) in [6, 6.07) is -4.36. The number of carboxylic acids is 1.